The highest BCUT2D eigenvalue weighted by Crippen LogP contribution is 2.33. The molecule has 126 valence electrons. The highest BCUT2D eigenvalue weighted by atomic mass is 32.2. The second kappa shape index (κ2) is 6.15. The molecule has 2 aliphatic heterocycles. The molecule has 23 heavy (non-hydrogen) atoms. The van der Waals surface area contributed by atoms with Gasteiger partial charge in [0.1, 0.15) is 0 Å². The highest BCUT2D eigenvalue weighted by molar-refractivity contribution is 7.93. The van der Waals surface area contributed by atoms with E-state index in [0.717, 1.165) is 24.1 Å². The number of benzene rings is 1. The van der Waals surface area contributed by atoms with Crippen molar-refractivity contribution in [2.75, 3.05) is 23.9 Å². The maximum atomic E-state index is 13.1. The molecule has 1 amide bonds. The van der Waals surface area contributed by atoms with Gasteiger partial charge in [0.15, 0.2) is 0 Å². The van der Waals surface area contributed by atoms with Crippen LogP contribution in [-0.4, -0.2) is 44.1 Å². The fourth-order valence-electron chi connectivity index (χ4n) is 3.50. The molecule has 5 nitrogen and oxygen atoms in total. The molecule has 0 spiro atoms. The maximum absolute atomic E-state index is 13.1. The molecular formula is C17H24N2O3S. The number of amides is 1. The lowest BCUT2D eigenvalue weighted by molar-refractivity contribution is -0.135. The van der Waals surface area contributed by atoms with E-state index >= 15 is 0 Å². The Labute approximate surface area is 138 Å². The highest BCUT2D eigenvalue weighted by Gasteiger charge is 2.39. The summed E-state index contributed by atoms with van der Waals surface area (Å²) in [7, 11) is -3.43. The van der Waals surface area contributed by atoms with E-state index in [1.165, 1.54) is 0 Å². The zero-order valence-corrected chi connectivity index (χ0v) is 14.6. The Morgan fingerprint density at radius 3 is 2.70 bits per heavy atom. The first-order valence-electron chi connectivity index (χ1n) is 8.29. The molecule has 6 heteroatoms. The molecule has 2 aliphatic rings. The Kier molecular flexibility index (Phi) is 4.36. The van der Waals surface area contributed by atoms with E-state index in [-0.39, 0.29) is 11.8 Å². The van der Waals surface area contributed by atoms with Gasteiger partial charge in [-0.3, -0.25) is 9.10 Å². The van der Waals surface area contributed by atoms with Crippen LogP contribution in [-0.2, 0) is 21.2 Å². The Morgan fingerprint density at radius 2 is 1.96 bits per heavy atom. The lowest BCUT2D eigenvalue weighted by Crippen LogP contribution is -2.50. The number of hydrogen-bond acceptors (Lipinski definition) is 3. The predicted octanol–water partition coefficient (Wildman–Crippen LogP) is 2.03. The van der Waals surface area contributed by atoms with Gasteiger partial charge in [0, 0.05) is 25.6 Å². The molecule has 3 rings (SSSR count). The van der Waals surface area contributed by atoms with Crippen molar-refractivity contribution in [2.45, 2.75) is 38.4 Å². The summed E-state index contributed by atoms with van der Waals surface area (Å²) in [5.74, 6) is -0.0457. The van der Waals surface area contributed by atoms with Crippen molar-refractivity contribution in [3.8, 4) is 0 Å². The molecule has 1 saturated heterocycles. The number of sulfonamides is 1. The fraction of sp³-hybridized carbons (Fsp3) is 0.588. The third-order valence-corrected chi connectivity index (χ3v) is 6.98. The summed E-state index contributed by atoms with van der Waals surface area (Å²) in [6, 6.07) is 7.68. The number of anilines is 1. The summed E-state index contributed by atoms with van der Waals surface area (Å²) >= 11 is 0. The first-order chi connectivity index (χ1) is 10.9. The number of carbonyl (C=O) groups excluding carboxylic acids is 1. The van der Waals surface area contributed by atoms with Gasteiger partial charge in [-0.05, 0) is 30.9 Å². The average molecular weight is 336 g/mol. The molecular weight excluding hydrogens is 312 g/mol. The lowest BCUT2D eigenvalue weighted by atomic mass is 10.1. The number of hydrogen-bond donors (Lipinski definition) is 0. The average Bonchev–Trinajstić information content (AvgIpc) is 2.99. The third-order valence-electron chi connectivity index (χ3n) is 4.76. The second-order valence-corrected chi connectivity index (χ2v) is 8.84. The van der Waals surface area contributed by atoms with Crippen molar-refractivity contribution in [3.05, 3.63) is 29.8 Å². The maximum Gasteiger partial charge on any atom is 0.239 e. The van der Waals surface area contributed by atoms with Gasteiger partial charge in [0.2, 0.25) is 15.9 Å². The summed E-state index contributed by atoms with van der Waals surface area (Å²) in [4.78, 5) is 13.9. The number of carbonyl (C=O) groups is 1. The van der Waals surface area contributed by atoms with Gasteiger partial charge in [0.25, 0.3) is 0 Å². The van der Waals surface area contributed by atoms with Crippen molar-refractivity contribution in [3.63, 3.8) is 0 Å². The smallest absolute Gasteiger partial charge is 0.239 e. The van der Waals surface area contributed by atoms with E-state index in [9.17, 15) is 13.2 Å². The quantitative estimate of drug-likeness (QED) is 0.848. The van der Waals surface area contributed by atoms with Gasteiger partial charge in [-0.1, -0.05) is 32.0 Å². The molecule has 0 bridgehead atoms. The minimum absolute atomic E-state index is 0.0479. The van der Waals surface area contributed by atoms with E-state index in [0.29, 0.717) is 26.1 Å². The number of fused-ring (bicyclic) bond motifs is 1. The topological polar surface area (TPSA) is 57.7 Å². The predicted molar refractivity (Wildman–Crippen MR) is 90.9 cm³/mol. The monoisotopic (exact) mass is 336 g/mol. The van der Waals surface area contributed by atoms with Crippen molar-refractivity contribution in [1.29, 1.82) is 0 Å². The number of nitrogens with zero attached hydrogens (tertiary/aromatic N) is 2. The van der Waals surface area contributed by atoms with Gasteiger partial charge in [-0.25, -0.2) is 8.42 Å². The molecule has 0 saturated carbocycles. The molecule has 2 heterocycles. The first kappa shape index (κ1) is 16.3. The fourth-order valence-corrected chi connectivity index (χ4v) is 5.49. The molecule has 0 N–H and O–H groups in total. The van der Waals surface area contributed by atoms with E-state index in [4.69, 9.17) is 0 Å². The Hall–Kier alpha value is -1.56. The van der Waals surface area contributed by atoms with Crippen LogP contribution in [0.3, 0.4) is 0 Å². The molecule has 0 aliphatic carbocycles. The Balaban J connectivity index is 1.82. The van der Waals surface area contributed by atoms with Gasteiger partial charge >= 0.3 is 0 Å². The lowest BCUT2D eigenvalue weighted by Gasteiger charge is -2.35. The van der Waals surface area contributed by atoms with E-state index in [1.54, 1.807) is 9.21 Å². The standard InChI is InChI=1S/C17H24N2O3S/c1-13(2)17(20)18-10-5-7-15(12-18)23(21,22)19-11-9-14-6-3-4-8-16(14)19/h3-4,6,8,13,15H,5,7,9-12H2,1-2H3. The second-order valence-electron chi connectivity index (χ2n) is 6.70. The normalized spacial score (nSPS) is 21.6. The molecule has 1 atom stereocenters. The minimum atomic E-state index is -3.43. The van der Waals surface area contributed by atoms with Crippen LogP contribution in [0.5, 0.6) is 0 Å². The zero-order valence-electron chi connectivity index (χ0n) is 13.7. The van der Waals surface area contributed by atoms with Crippen LogP contribution >= 0.6 is 0 Å². The SMILES string of the molecule is CC(C)C(=O)N1CCCC(S(=O)(=O)N2CCc3ccccc32)C1. The molecule has 1 unspecified atom stereocenters. The molecule has 0 radical (unpaired) electrons. The van der Waals surface area contributed by atoms with Gasteiger partial charge in [-0.2, -0.15) is 0 Å². The van der Waals surface area contributed by atoms with Crippen LogP contribution in [0.1, 0.15) is 32.3 Å². The van der Waals surface area contributed by atoms with Crippen molar-refractivity contribution >= 4 is 21.6 Å². The van der Waals surface area contributed by atoms with Crippen molar-refractivity contribution in [1.82, 2.24) is 4.90 Å². The van der Waals surface area contributed by atoms with Gasteiger partial charge in [0.05, 0.1) is 10.9 Å². The third kappa shape index (κ3) is 2.96. The van der Waals surface area contributed by atoms with Crippen molar-refractivity contribution in [2.24, 2.45) is 5.92 Å². The Morgan fingerprint density at radius 1 is 1.22 bits per heavy atom. The van der Waals surface area contributed by atoms with Gasteiger partial charge < -0.3 is 4.90 Å². The molecule has 1 fully saturated rings. The minimum Gasteiger partial charge on any atom is -0.341 e. The van der Waals surface area contributed by atoms with Crippen LogP contribution in [0.4, 0.5) is 5.69 Å². The summed E-state index contributed by atoms with van der Waals surface area (Å²) < 4.78 is 27.7. The number of likely N-dealkylation sites (tertiary alicyclic amines) is 1. The Bertz CT molecular complexity index is 700. The van der Waals surface area contributed by atoms with E-state index < -0.39 is 15.3 Å². The number of rotatable bonds is 3. The van der Waals surface area contributed by atoms with Gasteiger partial charge in [-0.15, -0.1) is 0 Å². The molecule has 0 aromatic heterocycles. The molecule has 1 aromatic rings. The summed E-state index contributed by atoms with van der Waals surface area (Å²) in [5, 5.41) is -0.495. The van der Waals surface area contributed by atoms with Crippen LogP contribution in [0, 0.1) is 5.92 Å². The van der Waals surface area contributed by atoms with Crippen molar-refractivity contribution < 1.29 is 13.2 Å². The zero-order chi connectivity index (χ0) is 16.6. The van der Waals surface area contributed by atoms with E-state index in [1.807, 2.05) is 38.1 Å². The van der Waals surface area contributed by atoms with E-state index in [2.05, 4.69) is 0 Å². The summed E-state index contributed by atoms with van der Waals surface area (Å²) in [5.41, 5.74) is 1.89. The van der Waals surface area contributed by atoms with Crippen LogP contribution < -0.4 is 4.31 Å². The van der Waals surface area contributed by atoms with Crippen LogP contribution in [0.2, 0.25) is 0 Å². The first-order valence-corrected chi connectivity index (χ1v) is 9.80. The number of piperidine rings is 1. The summed E-state index contributed by atoms with van der Waals surface area (Å²) in [6.45, 7) is 5.21. The van der Waals surface area contributed by atoms with Crippen LogP contribution in [0.15, 0.2) is 24.3 Å². The largest absolute Gasteiger partial charge is 0.341 e. The number of para-hydroxylation sites is 1. The van der Waals surface area contributed by atoms with Crippen LogP contribution in [0.25, 0.3) is 0 Å². The molecule has 1 aromatic carbocycles. The summed E-state index contributed by atoms with van der Waals surface area (Å²) in [6.07, 6.45) is 2.14.